The van der Waals surface area contributed by atoms with E-state index in [9.17, 15) is 4.79 Å². The number of amides is 1. The molecule has 1 unspecified atom stereocenters. The Morgan fingerprint density at radius 2 is 2.04 bits per heavy atom. The van der Waals surface area contributed by atoms with Crippen molar-refractivity contribution in [1.29, 1.82) is 0 Å². The molecule has 0 radical (unpaired) electrons. The second-order valence-electron chi connectivity index (χ2n) is 7.36. The molecule has 2 aromatic heterocycles. The van der Waals surface area contributed by atoms with E-state index >= 15 is 0 Å². The lowest BCUT2D eigenvalue weighted by molar-refractivity contribution is 0.0607. The quantitative estimate of drug-likeness (QED) is 0.683. The molecular formula is C21H26N6O. The summed E-state index contributed by atoms with van der Waals surface area (Å²) in [4.78, 5) is 19.8. The molecule has 4 rings (SSSR count). The van der Waals surface area contributed by atoms with Crippen LogP contribution in [0.3, 0.4) is 0 Å². The smallest absolute Gasteiger partial charge is 0.256 e. The molecule has 0 spiro atoms. The molecule has 1 amide bonds. The highest BCUT2D eigenvalue weighted by Gasteiger charge is 2.31. The number of aryl methyl sites for hydroxylation is 1. The second kappa shape index (κ2) is 7.14. The summed E-state index contributed by atoms with van der Waals surface area (Å²) < 4.78 is 1.84. The summed E-state index contributed by atoms with van der Waals surface area (Å²) in [5.74, 6) is 0.892. The minimum Gasteiger partial charge on any atom is -0.398 e. The third-order valence-electron chi connectivity index (χ3n) is 5.63. The first kappa shape index (κ1) is 18.3. The van der Waals surface area contributed by atoms with Gasteiger partial charge in [-0.25, -0.2) is 4.98 Å². The zero-order valence-corrected chi connectivity index (χ0v) is 16.6. The number of nitrogens with one attached hydrogen (secondary N) is 1. The first-order chi connectivity index (χ1) is 13.5. The SMILES string of the molecule is CNc1c(C)c(C)nc2cc(C3CCCCN3C(=O)c3ccccc3N)nn12. The second-order valence-corrected chi connectivity index (χ2v) is 7.36. The first-order valence-corrected chi connectivity index (χ1v) is 9.71. The van der Waals surface area contributed by atoms with Crippen molar-refractivity contribution in [2.45, 2.75) is 39.2 Å². The minimum atomic E-state index is -0.0760. The number of nitrogens with two attached hydrogens (primary N) is 1. The highest BCUT2D eigenvalue weighted by Crippen LogP contribution is 2.33. The van der Waals surface area contributed by atoms with Gasteiger partial charge in [0.2, 0.25) is 0 Å². The van der Waals surface area contributed by atoms with Crippen LogP contribution >= 0.6 is 0 Å². The topological polar surface area (TPSA) is 88.5 Å². The fraction of sp³-hybridized carbons (Fsp3) is 0.381. The van der Waals surface area contributed by atoms with Gasteiger partial charge in [-0.05, 0) is 45.2 Å². The maximum atomic E-state index is 13.2. The lowest BCUT2D eigenvalue weighted by Crippen LogP contribution is -2.39. The maximum absolute atomic E-state index is 13.2. The molecule has 0 bridgehead atoms. The van der Waals surface area contributed by atoms with Crippen molar-refractivity contribution in [3.63, 3.8) is 0 Å². The minimum absolute atomic E-state index is 0.0333. The number of rotatable bonds is 3. The fourth-order valence-electron chi connectivity index (χ4n) is 4.00. The number of anilines is 2. The Labute approximate surface area is 164 Å². The Balaban J connectivity index is 1.76. The van der Waals surface area contributed by atoms with E-state index in [1.807, 2.05) is 48.5 Å². The van der Waals surface area contributed by atoms with Crippen LogP contribution in [0.25, 0.3) is 5.65 Å². The Hall–Kier alpha value is -3.09. The van der Waals surface area contributed by atoms with E-state index in [0.29, 0.717) is 17.8 Å². The predicted molar refractivity (Wildman–Crippen MR) is 110 cm³/mol. The van der Waals surface area contributed by atoms with E-state index in [2.05, 4.69) is 10.3 Å². The van der Waals surface area contributed by atoms with Gasteiger partial charge in [0.25, 0.3) is 5.91 Å². The van der Waals surface area contributed by atoms with Gasteiger partial charge in [0.05, 0.1) is 17.3 Å². The van der Waals surface area contributed by atoms with Crippen molar-refractivity contribution < 1.29 is 4.79 Å². The molecule has 28 heavy (non-hydrogen) atoms. The van der Waals surface area contributed by atoms with E-state index in [-0.39, 0.29) is 11.9 Å². The number of aromatic nitrogens is 3. The van der Waals surface area contributed by atoms with Crippen LogP contribution in [0.2, 0.25) is 0 Å². The van der Waals surface area contributed by atoms with Crippen LogP contribution < -0.4 is 11.1 Å². The largest absolute Gasteiger partial charge is 0.398 e. The van der Waals surface area contributed by atoms with Gasteiger partial charge in [0.1, 0.15) is 5.82 Å². The molecule has 1 aliphatic heterocycles. The standard InChI is InChI=1S/C21H26N6O/c1-13-14(2)24-19-12-17(25-27(19)20(13)23-3)18-10-6-7-11-26(18)21(28)15-8-4-5-9-16(15)22/h4-5,8-9,12,18,23H,6-7,10-11,22H2,1-3H3. The van der Waals surface area contributed by atoms with Gasteiger partial charge in [0, 0.05) is 36.6 Å². The third kappa shape index (κ3) is 2.96. The molecule has 146 valence electrons. The Morgan fingerprint density at radius 3 is 2.79 bits per heavy atom. The van der Waals surface area contributed by atoms with Gasteiger partial charge < -0.3 is 16.0 Å². The molecule has 1 atom stereocenters. The number of hydrogen-bond donors (Lipinski definition) is 2. The normalized spacial score (nSPS) is 17.1. The average Bonchev–Trinajstić information content (AvgIpc) is 3.12. The highest BCUT2D eigenvalue weighted by atomic mass is 16.2. The van der Waals surface area contributed by atoms with Crippen molar-refractivity contribution >= 4 is 23.1 Å². The Bertz CT molecular complexity index is 1040. The number of nitrogen functional groups attached to an aromatic ring is 1. The third-order valence-corrected chi connectivity index (χ3v) is 5.63. The zero-order chi connectivity index (χ0) is 19.8. The van der Waals surface area contributed by atoms with Crippen LogP contribution in [0.5, 0.6) is 0 Å². The number of carbonyl (C=O) groups is 1. The summed E-state index contributed by atoms with van der Waals surface area (Å²) in [5, 5.41) is 8.05. The van der Waals surface area contributed by atoms with Crippen LogP contribution in [0.15, 0.2) is 30.3 Å². The number of benzene rings is 1. The molecule has 7 nitrogen and oxygen atoms in total. The van der Waals surface area contributed by atoms with E-state index in [0.717, 1.165) is 47.7 Å². The molecule has 1 aromatic carbocycles. The number of carbonyl (C=O) groups excluding carboxylic acids is 1. The van der Waals surface area contributed by atoms with Gasteiger partial charge in [-0.1, -0.05) is 12.1 Å². The molecule has 0 aliphatic carbocycles. The molecular weight excluding hydrogens is 352 g/mol. The summed E-state index contributed by atoms with van der Waals surface area (Å²) in [6.45, 7) is 4.73. The first-order valence-electron chi connectivity index (χ1n) is 9.71. The molecule has 3 N–H and O–H groups in total. The zero-order valence-electron chi connectivity index (χ0n) is 16.6. The number of para-hydroxylation sites is 1. The molecule has 7 heteroatoms. The molecule has 1 fully saturated rings. The van der Waals surface area contributed by atoms with Crippen LogP contribution in [-0.4, -0.2) is 39.0 Å². The van der Waals surface area contributed by atoms with E-state index < -0.39 is 0 Å². The summed E-state index contributed by atoms with van der Waals surface area (Å²) in [7, 11) is 1.89. The predicted octanol–water partition coefficient (Wildman–Crippen LogP) is 3.34. The molecule has 1 aliphatic rings. The summed E-state index contributed by atoms with van der Waals surface area (Å²) in [6.07, 6.45) is 2.94. The summed E-state index contributed by atoms with van der Waals surface area (Å²) in [6, 6.07) is 9.18. The number of likely N-dealkylation sites (tertiary alicyclic amines) is 1. The number of hydrogen-bond acceptors (Lipinski definition) is 5. The van der Waals surface area contributed by atoms with E-state index in [4.69, 9.17) is 10.8 Å². The molecule has 3 aromatic rings. The molecule has 3 heterocycles. The highest BCUT2D eigenvalue weighted by molar-refractivity contribution is 5.99. The van der Waals surface area contributed by atoms with Crippen molar-refractivity contribution in [3.05, 3.63) is 52.8 Å². The lowest BCUT2D eigenvalue weighted by Gasteiger charge is -2.35. The van der Waals surface area contributed by atoms with Crippen LogP contribution in [-0.2, 0) is 0 Å². The van der Waals surface area contributed by atoms with Crippen LogP contribution in [0.1, 0.15) is 52.6 Å². The van der Waals surface area contributed by atoms with E-state index in [1.54, 1.807) is 12.1 Å². The summed E-state index contributed by atoms with van der Waals surface area (Å²) in [5.41, 5.74) is 10.8. The van der Waals surface area contributed by atoms with Crippen molar-refractivity contribution in [3.8, 4) is 0 Å². The van der Waals surface area contributed by atoms with Crippen molar-refractivity contribution in [2.75, 3.05) is 24.6 Å². The van der Waals surface area contributed by atoms with Gasteiger partial charge in [-0.2, -0.15) is 9.61 Å². The maximum Gasteiger partial charge on any atom is 0.256 e. The van der Waals surface area contributed by atoms with Gasteiger partial charge in [-0.15, -0.1) is 0 Å². The summed E-state index contributed by atoms with van der Waals surface area (Å²) >= 11 is 0. The van der Waals surface area contributed by atoms with Crippen LogP contribution in [0, 0.1) is 13.8 Å². The van der Waals surface area contributed by atoms with Crippen LogP contribution in [0.4, 0.5) is 11.5 Å². The molecule has 1 saturated heterocycles. The fourth-order valence-corrected chi connectivity index (χ4v) is 4.00. The monoisotopic (exact) mass is 378 g/mol. The van der Waals surface area contributed by atoms with E-state index in [1.165, 1.54) is 0 Å². The van der Waals surface area contributed by atoms with Crippen molar-refractivity contribution in [2.24, 2.45) is 0 Å². The molecule has 0 saturated carbocycles. The number of fused-ring (bicyclic) bond motifs is 1. The Kier molecular flexibility index (Phi) is 4.66. The van der Waals surface area contributed by atoms with Gasteiger partial charge in [0.15, 0.2) is 5.65 Å². The average molecular weight is 378 g/mol. The lowest BCUT2D eigenvalue weighted by atomic mass is 9.98. The van der Waals surface area contributed by atoms with Crippen molar-refractivity contribution in [1.82, 2.24) is 19.5 Å². The van der Waals surface area contributed by atoms with Gasteiger partial charge >= 0.3 is 0 Å². The number of piperidine rings is 1. The van der Waals surface area contributed by atoms with Gasteiger partial charge in [-0.3, -0.25) is 4.79 Å². The Morgan fingerprint density at radius 1 is 1.25 bits per heavy atom. The number of nitrogens with zero attached hydrogens (tertiary/aromatic N) is 4.